The molecule has 2 rings (SSSR count). The van der Waals surface area contributed by atoms with Crippen molar-refractivity contribution in [3.63, 3.8) is 0 Å². The number of methoxy groups -OCH3 is 2. The van der Waals surface area contributed by atoms with Crippen LogP contribution in [0.15, 0.2) is 24.3 Å². The largest absolute Gasteiger partial charge is 0.465 e. The van der Waals surface area contributed by atoms with E-state index in [4.69, 9.17) is 10.5 Å². The van der Waals surface area contributed by atoms with E-state index in [2.05, 4.69) is 14.8 Å². The van der Waals surface area contributed by atoms with Crippen molar-refractivity contribution in [1.29, 1.82) is 0 Å². The maximum Gasteiger partial charge on any atom is 0.416 e. The van der Waals surface area contributed by atoms with Crippen LogP contribution in [0, 0.1) is 0 Å². The normalized spacial score (nSPS) is 13.0. The molecule has 9 nitrogen and oxygen atoms in total. The van der Waals surface area contributed by atoms with Crippen LogP contribution in [0.4, 0.5) is 37.7 Å². The van der Waals surface area contributed by atoms with Gasteiger partial charge in [-0.1, -0.05) is 13.8 Å². The lowest BCUT2D eigenvalue weighted by atomic mass is 9.96. The number of nitrogens with one attached hydrogen (secondary N) is 1. The molecule has 1 amide bonds. The zero-order chi connectivity index (χ0) is 34.2. The van der Waals surface area contributed by atoms with Crippen molar-refractivity contribution in [3.8, 4) is 0 Å². The predicted octanol–water partition coefficient (Wildman–Crippen LogP) is 6.84. The molecule has 0 aliphatic rings. The van der Waals surface area contributed by atoms with Crippen molar-refractivity contribution in [2.75, 3.05) is 25.3 Å². The number of aliphatic hydroxyl groups is 1. The Morgan fingerprint density at radius 1 is 0.841 bits per heavy atom. The van der Waals surface area contributed by atoms with Crippen molar-refractivity contribution in [2.45, 2.75) is 78.1 Å². The first kappa shape index (κ1) is 38.2. The van der Waals surface area contributed by atoms with E-state index in [0.717, 1.165) is 39.3 Å². The minimum atomic E-state index is -4.74. The Balaban J connectivity index is 0.000000440. The second kappa shape index (κ2) is 15.7. The van der Waals surface area contributed by atoms with Gasteiger partial charge in [0.2, 0.25) is 5.91 Å². The summed E-state index contributed by atoms with van der Waals surface area (Å²) in [6.45, 7) is 7.78. The van der Waals surface area contributed by atoms with Gasteiger partial charge in [0.25, 0.3) is 0 Å². The fourth-order valence-electron chi connectivity index (χ4n) is 4.08. The molecule has 2 aromatic rings. The molecule has 15 heteroatoms. The van der Waals surface area contributed by atoms with E-state index in [1.165, 1.54) is 6.92 Å². The van der Waals surface area contributed by atoms with Crippen LogP contribution in [0.2, 0.25) is 0 Å². The number of carbonyl (C=O) groups excluding carboxylic acids is 3. The summed E-state index contributed by atoms with van der Waals surface area (Å²) >= 11 is 0. The fraction of sp³-hybridized carbons (Fsp3) is 0.483. The van der Waals surface area contributed by atoms with Crippen LogP contribution in [0.25, 0.3) is 0 Å². The first-order chi connectivity index (χ1) is 20.2. The molecule has 0 saturated carbocycles. The van der Waals surface area contributed by atoms with Crippen LogP contribution in [0.5, 0.6) is 0 Å². The number of esters is 2. The zero-order valence-electron chi connectivity index (χ0n) is 25.2. The monoisotopic (exact) mass is 638 g/mol. The second-order valence-electron chi connectivity index (χ2n) is 9.68. The summed E-state index contributed by atoms with van der Waals surface area (Å²) in [5.74, 6) is -2.34. The van der Waals surface area contributed by atoms with Gasteiger partial charge in [0.05, 0.1) is 60.5 Å². The number of ether oxygens (including phenoxy) is 3. The Morgan fingerprint density at radius 2 is 1.32 bits per heavy atom. The standard InChI is InChI=1S/C15H20F3NO3.C14H16F3NO4/c1-5-13(22-8(2)3)9-6-10(14(20)21-4)12(19)7-11(9)15(16,17)18;1-4-12(20)8-5-9(13(21)22-3)11(18-7(2)19)6-10(8)14(15,16)17/h6-8,13H,5,19H2,1-4H3;5-6,12,20H,4H2,1-3H3,(H,18,19). The third-order valence-electron chi connectivity index (χ3n) is 6.04. The smallest absolute Gasteiger partial charge is 0.416 e. The van der Waals surface area contributed by atoms with Crippen LogP contribution in [0.1, 0.15) is 103 Å². The summed E-state index contributed by atoms with van der Waals surface area (Å²) in [4.78, 5) is 34.5. The highest BCUT2D eigenvalue weighted by Crippen LogP contribution is 2.40. The number of amides is 1. The van der Waals surface area contributed by atoms with Gasteiger partial charge in [-0.05, 0) is 62.1 Å². The fourth-order valence-corrected chi connectivity index (χ4v) is 4.08. The van der Waals surface area contributed by atoms with Crippen molar-refractivity contribution in [1.82, 2.24) is 0 Å². The maximum absolute atomic E-state index is 13.2. The van der Waals surface area contributed by atoms with Crippen LogP contribution in [-0.4, -0.2) is 43.3 Å². The minimum Gasteiger partial charge on any atom is -0.465 e. The van der Waals surface area contributed by atoms with E-state index in [1.54, 1.807) is 20.8 Å². The number of hydrogen-bond acceptors (Lipinski definition) is 8. The molecule has 0 spiro atoms. The van der Waals surface area contributed by atoms with Gasteiger partial charge in [-0.25, -0.2) is 9.59 Å². The highest BCUT2D eigenvalue weighted by atomic mass is 19.4. The molecule has 44 heavy (non-hydrogen) atoms. The number of hydrogen-bond donors (Lipinski definition) is 3. The number of benzene rings is 2. The number of nitrogens with two attached hydrogens (primary N) is 1. The Labute approximate surface area is 250 Å². The van der Waals surface area contributed by atoms with E-state index in [-0.39, 0.29) is 40.6 Å². The van der Waals surface area contributed by atoms with E-state index in [0.29, 0.717) is 12.5 Å². The molecule has 2 unspecified atom stereocenters. The second-order valence-corrected chi connectivity index (χ2v) is 9.68. The van der Waals surface area contributed by atoms with Crippen molar-refractivity contribution < 1.29 is 60.0 Å². The Kier molecular flexibility index (Phi) is 13.7. The van der Waals surface area contributed by atoms with Gasteiger partial charge in [-0.15, -0.1) is 0 Å². The first-order valence-corrected chi connectivity index (χ1v) is 13.3. The number of carbonyl (C=O) groups is 3. The van der Waals surface area contributed by atoms with Gasteiger partial charge >= 0.3 is 24.3 Å². The van der Waals surface area contributed by atoms with Crippen LogP contribution < -0.4 is 11.1 Å². The Hall–Kier alpha value is -3.85. The first-order valence-electron chi connectivity index (χ1n) is 13.3. The lowest BCUT2D eigenvalue weighted by Crippen LogP contribution is -2.19. The lowest BCUT2D eigenvalue weighted by molar-refractivity contribution is -0.140. The quantitative estimate of drug-likeness (QED) is 0.154. The molecule has 0 saturated heterocycles. The Morgan fingerprint density at radius 3 is 1.73 bits per heavy atom. The number of nitrogen functional groups attached to an aromatic ring is 1. The van der Waals surface area contributed by atoms with Gasteiger partial charge in [0.1, 0.15) is 0 Å². The van der Waals surface area contributed by atoms with Gasteiger partial charge in [0, 0.05) is 12.6 Å². The molecule has 0 bridgehead atoms. The summed E-state index contributed by atoms with van der Waals surface area (Å²) in [5, 5.41) is 11.9. The summed E-state index contributed by atoms with van der Waals surface area (Å²) in [7, 11) is 2.20. The summed E-state index contributed by atoms with van der Waals surface area (Å²) in [6, 6.07) is 3.39. The van der Waals surface area contributed by atoms with Crippen molar-refractivity contribution >= 4 is 29.2 Å². The topological polar surface area (TPSA) is 137 Å². The average Bonchev–Trinajstić information content (AvgIpc) is 2.93. The minimum absolute atomic E-state index is 0.0309. The predicted molar refractivity (Wildman–Crippen MR) is 149 cm³/mol. The van der Waals surface area contributed by atoms with Gasteiger partial charge < -0.3 is 30.4 Å². The molecular weight excluding hydrogens is 602 g/mol. The zero-order valence-corrected chi connectivity index (χ0v) is 25.2. The van der Waals surface area contributed by atoms with Gasteiger partial charge in [-0.3, -0.25) is 4.79 Å². The molecular formula is C29H36F6N2O7. The highest BCUT2D eigenvalue weighted by Gasteiger charge is 2.38. The number of anilines is 2. The molecule has 0 radical (unpaired) electrons. The van der Waals surface area contributed by atoms with Gasteiger partial charge in [-0.2, -0.15) is 26.3 Å². The van der Waals surface area contributed by atoms with E-state index < -0.39 is 59.1 Å². The van der Waals surface area contributed by atoms with Gasteiger partial charge in [0.15, 0.2) is 0 Å². The highest BCUT2D eigenvalue weighted by molar-refractivity contribution is 6.01. The molecule has 0 aliphatic heterocycles. The molecule has 0 aliphatic carbocycles. The van der Waals surface area contributed by atoms with E-state index in [9.17, 15) is 45.8 Å². The molecule has 2 atom stereocenters. The number of aliphatic hydroxyl groups excluding tert-OH is 1. The van der Waals surface area contributed by atoms with Crippen molar-refractivity contribution in [2.24, 2.45) is 0 Å². The number of alkyl halides is 6. The summed E-state index contributed by atoms with van der Waals surface area (Å²) in [6.07, 6.45) is -11.4. The molecule has 2 aromatic carbocycles. The molecule has 0 aromatic heterocycles. The average molecular weight is 639 g/mol. The van der Waals surface area contributed by atoms with E-state index in [1.807, 2.05) is 0 Å². The SMILES string of the molecule is CCC(O)c1cc(C(=O)OC)c(NC(C)=O)cc1C(F)(F)F.CCC(OC(C)C)c1cc(C(=O)OC)c(N)cc1C(F)(F)F. The molecule has 0 heterocycles. The van der Waals surface area contributed by atoms with Crippen LogP contribution >= 0.6 is 0 Å². The van der Waals surface area contributed by atoms with Crippen molar-refractivity contribution in [3.05, 3.63) is 57.6 Å². The number of rotatable bonds is 9. The van der Waals surface area contributed by atoms with Crippen LogP contribution in [-0.2, 0) is 31.4 Å². The van der Waals surface area contributed by atoms with Crippen LogP contribution in [0.3, 0.4) is 0 Å². The molecule has 0 fully saturated rings. The summed E-state index contributed by atoms with van der Waals surface area (Å²) < 4.78 is 93.7. The molecule has 4 N–H and O–H groups in total. The third-order valence-corrected chi connectivity index (χ3v) is 6.04. The maximum atomic E-state index is 13.2. The lowest BCUT2D eigenvalue weighted by Gasteiger charge is -2.24. The van der Waals surface area contributed by atoms with E-state index >= 15 is 0 Å². The third kappa shape index (κ3) is 10.1. The summed E-state index contributed by atoms with van der Waals surface area (Å²) in [5.41, 5.74) is 2.05. The molecule has 246 valence electrons. The number of halogens is 6. The Bertz CT molecular complexity index is 1330.